The van der Waals surface area contributed by atoms with E-state index in [1.165, 1.54) is 12.3 Å². The Morgan fingerprint density at radius 3 is 2.76 bits per heavy atom. The number of carboxylic acid groups (broad SMARTS) is 1. The number of nitrogens with one attached hydrogen (secondary N) is 2. The number of rotatable bonds is 5. The summed E-state index contributed by atoms with van der Waals surface area (Å²) in [5.74, 6) is -1.31. The van der Waals surface area contributed by atoms with Gasteiger partial charge in [0.05, 0.1) is 27.7 Å². The number of carbonyl (C=O) groups is 1. The van der Waals surface area contributed by atoms with Crippen LogP contribution in [0.1, 0.15) is 16.1 Å². The molecule has 2 rings (SSSR count). The van der Waals surface area contributed by atoms with Crippen LogP contribution in [0, 0.1) is 0 Å². The summed E-state index contributed by atoms with van der Waals surface area (Å²) in [6, 6.07) is 3.86. The van der Waals surface area contributed by atoms with Crippen molar-refractivity contribution in [2.75, 3.05) is 0 Å². The van der Waals surface area contributed by atoms with Crippen molar-refractivity contribution in [3.63, 3.8) is 0 Å². The summed E-state index contributed by atoms with van der Waals surface area (Å²) in [5, 5.41) is 15.3. The maximum atomic E-state index is 12.2. The van der Waals surface area contributed by atoms with Gasteiger partial charge in [-0.1, -0.05) is 11.6 Å². The smallest absolute Gasteiger partial charge is 0.337 e. The van der Waals surface area contributed by atoms with Crippen molar-refractivity contribution in [1.82, 2.24) is 14.9 Å². The molecule has 1 heterocycles. The minimum Gasteiger partial charge on any atom is -0.478 e. The number of aromatic nitrogens is 2. The zero-order chi connectivity index (χ0) is 15.6. The molecule has 21 heavy (non-hydrogen) atoms. The summed E-state index contributed by atoms with van der Waals surface area (Å²) in [6.07, 6.45) is 1.49. The molecule has 0 aliphatic rings. The van der Waals surface area contributed by atoms with Gasteiger partial charge in [0.1, 0.15) is 0 Å². The fourth-order valence-electron chi connectivity index (χ4n) is 1.51. The number of aromatic carboxylic acids is 1. The first-order valence-electron chi connectivity index (χ1n) is 5.51. The Labute approximate surface area is 133 Å². The molecule has 2 aromatic rings. The molecule has 0 amide bonds. The van der Waals surface area contributed by atoms with Crippen molar-refractivity contribution in [3.05, 3.63) is 45.1 Å². The van der Waals surface area contributed by atoms with Gasteiger partial charge in [-0.3, -0.25) is 5.10 Å². The fraction of sp³-hybridized carbons (Fsp3) is 0.0909. The van der Waals surface area contributed by atoms with Gasteiger partial charge in [0.25, 0.3) is 0 Å². The molecule has 0 aliphatic heterocycles. The van der Waals surface area contributed by atoms with E-state index in [9.17, 15) is 13.2 Å². The van der Waals surface area contributed by atoms with Crippen molar-refractivity contribution in [2.24, 2.45) is 0 Å². The van der Waals surface area contributed by atoms with Gasteiger partial charge in [-0.25, -0.2) is 17.9 Å². The van der Waals surface area contributed by atoms with Crippen molar-refractivity contribution in [3.8, 4) is 0 Å². The van der Waals surface area contributed by atoms with Crippen LogP contribution in [-0.4, -0.2) is 29.7 Å². The second kappa shape index (κ2) is 6.14. The molecule has 0 saturated heterocycles. The minimum atomic E-state index is -3.88. The molecule has 0 saturated carbocycles. The molecule has 0 fully saturated rings. The van der Waals surface area contributed by atoms with Crippen molar-refractivity contribution in [1.29, 1.82) is 0 Å². The Kier molecular flexibility index (Phi) is 4.67. The molecular formula is C11H9BrClN3O4S. The molecule has 0 bridgehead atoms. The van der Waals surface area contributed by atoms with E-state index in [0.717, 1.165) is 6.07 Å². The summed E-state index contributed by atoms with van der Waals surface area (Å²) < 4.78 is 26.8. The predicted molar refractivity (Wildman–Crippen MR) is 78.7 cm³/mol. The molecule has 0 aliphatic carbocycles. The first kappa shape index (κ1) is 16.0. The Hall–Kier alpha value is -1.42. The molecule has 112 valence electrons. The molecule has 10 heteroatoms. The van der Waals surface area contributed by atoms with Crippen molar-refractivity contribution in [2.45, 2.75) is 11.4 Å². The van der Waals surface area contributed by atoms with Gasteiger partial charge in [0, 0.05) is 10.7 Å². The maximum absolute atomic E-state index is 12.2. The van der Waals surface area contributed by atoms with Gasteiger partial charge in [-0.2, -0.15) is 5.10 Å². The zero-order valence-corrected chi connectivity index (χ0v) is 13.5. The second-order valence-corrected chi connectivity index (χ2v) is 6.98. The van der Waals surface area contributed by atoms with Gasteiger partial charge < -0.3 is 5.11 Å². The van der Waals surface area contributed by atoms with Crippen LogP contribution in [0.2, 0.25) is 5.02 Å². The van der Waals surface area contributed by atoms with Crippen molar-refractivity contribution < 1.29 is 18.3 Å². The first-order chi connectivity index (χ1) is 9.81. The van der Waals surface area contributed by atoms with E-state index in [2.05, 4.69) is 30.8 Å². The Bertz CT molecular complexity index is 777. The highest BCUT2D eigenvalue weighted by Gasteiger charge is 2.20. The number of benzene rings is 1. The van der Waals surface area contributed by atoms with Crippen LogP contribution in [0.3, 0.4) is 0 Å². The molecule has 0 spiro atoms. The number of nitrogens with zero attached hydrogens (tertiary/aromatic N) is 1. The number of halogens is 2. The lowest BCUT2D eigenvalue weighted by Crippen LogP contribution is -2.23. The normalized spacial score (nSPS) is 11.5. The van der Waals surface area contributed by atoms with Crippen molar-refractivity contribution >= 4 is 43.5 Å². The topological polar surface area (TPSA) is 112 Å². The third-order valence-electron chi connectivity index (χ3n) is 2.55. The Morgan fingerprint density at radius 1 is 1.48 bits per heavy atom. The van der Waals surface area contributed by atoms with E-state index < -0.39 is 16.0 Å². The molecule has 1 aromatic carbocycles. The highest BCUT2D eigenvalue weighted by atomic mass is 79.9. The quantitative estimate of drug-likeness (QED) is 0.718. The van der Waals surface area contributed by atoms with E-state index in [1.54, 1.807) is 6.07 Å². The van der Waals surface area contributed by atoms with E-state index >= 15 is 0 Å². The average Bonchev–Trinajstić information content (AvgIpc) is 2.92. The number of aromatic amines is 1. The molecule has 3 N–H and O–H groups in total. The van der Waals surface area contributed by atoms with E-state index in [1.807, 2.05) is 0 Å². The van der Waals surface area contributed by atoms with E-state index in [4.69, 9.17) is 16.7 Å². The molecule has 0 atom stereocenters. The summed E-state index contributed by atoms with van der Waals surface area (Å²) in [7, 11) is -3.88. The Balaban J connectivity index is 2.33. The molecule has 0 radical (unpaired) electrons. The highest BCUT2D eigenvalue weighted by Crippen LogP contribution is 2.29. The Morgan fingerprint density at radius 2 is 2.19 bits per heavy atom. The number of hydrogen-bond acceptors (Lipinski definition) is 4. The summed E-state index contributed by atoms with van der Waals surface area (Å²) in [6.45, 7) is 0.00494. The molecule has 1 aromatic heterocycles. The molecule has 7 nitrogen and oxygen atoms in total. The van der Waals surface area contributed by atoms with Crippen LogP contribution >= 0.6 is 27.5 Å². The standard InChI is InChI=1S/C11H9BrClN3O4S/c12-9-4-7(3-8(10(9)13)11(17)18)21(19,20)15-5-6-1-2-14-16-6/h1-4,15H,5H2,(H,14,16)(H,17,18). The molecule has 0 unspecified atom stereocenters. The van der Waals surface area contributed by atoms with Gasteiger partial charge in [0.15, 0.2) is 0 Å². The summed E-state index contributed by atoms with van der Waals surface area (Å²) in [5.41, 5.74) is 0.276. The summed E-state index contributed by atoms with van der Waals surface area (Å²) in [4.78, 5) is 10.9. The van der Waals surface area contributed by atoms with Crippen LogP contribution in [0.4, 0.5) is 0 Å². The zero-order valence-electron chi connectivity index (χ0n) is 10.3. The lowest BCUT2D eigenvalue weighted by atomic mass is 10.2. The fourth-order valence-corrected chi connectivity index (χ4v) is 3.37. The lowest BCUT2D eigenvalue weighted by molar-refractivity contribution is 0.0696. The highest BCUT2D eigenvalue weighted by molar-refractivity contribution is 9.10. The first-order valence-corrected chi connectivity index (χ1v) is 8.17. The van der Waals surface area contributed by atoms with Gasteiger partial charge in [-0.15, -0.1) is 0 Å². The van der Waals surface area contributed by atoms with Crippen LogP contribution in [0.15, 0.2) is 33.8 Å². The van der Waals surface area contributed by atoms with Crippen LogP contribution in [0.25, 0.3) is 0 Å². The third-order valence-corrected chi connectivity index (χ3v) is 5.20. The predicted octanol–water partition coefficient (Wildman–Crippen LogP) is 2.00. The van der Waals surface area contributed by atoms with Gasteiger partial charge in [-0.05, 0) is 34.1 Å². The SMILES string of the molecule is O=C(O)c1cc(S(=O)(=O)NCc2ccn[nH]2)cc(Br)c1Cl. The number of sulfonamides is 1. The lowest BCUT2D eigenvalue weighted by Gasteiger charge is -2.09. The maximum Gasteiger partial charge on any atom is 0.337 e. The van der Waals surface area contributed by atoms with Crippen LogP contribution in [-0.2, 0) is 16.6 Å². The number of H-pyrrole nitrogens is 1. The van der Waals surface area contributed by atoms with E-state index in [0.29, 0.717) is 5.69 Å². The van der Waals surface area contributed by atoms with E-state index in [-0.39, 0.29) is 26.5 Å². The monoisotopic (exact) mass is 393 g/mol. The van der Waals surface area contributed by atoms with Crippen LogP contribution in [0.5, 0.6) is 0 Å². The third kappa shape index (κ3) is 3.62. The average molecular weight is 395 g/mol. The van der Waals surface area contributed by atoms with Gasteiger partial charge >= 0.3 is 5.97 Å². The number of hydrogen-bond donors (Lipinski definition) is 3. The largest absolute Gasteiger partial charge is 0.478 e. The second-order valence-electron chi connectivity index (χ2n) is 3.98. The molecular weight excluding hydrogens is 386 g/mol. The number of carboxylic acids is 1. The summed E-state index contributed by atoms with van der Waals surface area (Å²) >= 11 is 8.86. The minimum absolute atomic E-state index is 0.00494. The van der Waals surface area contributed by atoms with Gasteiger partial charge in [0.2, 0.25) is 10.0 Å². The van der Waals surface area contributed by atoms with Crippen LogP contribution < -0.4 is 4.72 Å².